The number of rotatable bonds is 2. The van der Waals surface area contributed by atoms with Crippen molar-refractivity contribution < 1.29 is 18.0 Å². The molecule has 0 saturated heterocycles. The lowest BCUT2D eigenvalue weighted by atomic mass is 9.98. The molecule has 0 bridgehead atoms. The molecule has 0 N–H and O–H groups in total. The van der Waals surface area contributed by atoms with E-state index in [4.69, 9.17) is 0 Å². The predicted octanol–water partition coefficient (Wildman–Crippen LogP) is 5.01. The average Bonchev–Trinajstić information content (AvgIpc) is 2.37. The third kappa shape index (κ3) is 3.10. The van der Waals surface area contributed by atoms with E-state index in [9.17, 15) is 18.0 Å². The molecule has 0 unspecified atom stereocenters. The highest BCUT2D eigenvalue weighted by atomic mass is 79.9. The van der Waals surface area contributed by atoms with Crippen LogP contribution < -0.4 is 0 Å². The van der Waals surface area contributed by atoms with Gasteiger partial charge in [0.2, 0.25) is 0 Å². The zero-order chi connectivity index (χ0) is 14.9. The highest BCUT2D eigenvalue weighted by Gasteiger charge is 2.30. The van der Waals surface area contributed by atoms with Gasteiger partial charge in [0.15, 0.2) is 5.78 Å². The summed E-state index contributed by atoms with van der Waals surface area (Å²) < 4.78 is 38.2. The van der Waals surface area contributed by atoms with Crippen molar-refractivity contribution in [3.8, 4) is 0 Å². The van der Waals surface area contributed by atoms with Crippen molar-refractivity contribution in [2.24, 2.45) is 0 Å². The monoisotopic (exact) mass is 342 g/mol. The maximum atomic E-state index is 12.5. The van der Waals surface area contributed by atoms with Crippen molar-refractivity contribution in [1.29, 1.82) is 0 Å². The van der Waals surface area contributed by atoms with Gasteiger partial charge in [-0.05, 0) is 42.8 Å². The molecule has 0 saturated carbocycles. The topological polar surface area (TPSA) is 17.1 Å². The first-order valence-corrected chi connectivity index (χ1v) is 6.56. The largest absolute Gasteiger partial charge is 0.416 e. The van der Waals surface area contributed by atoms with Crippen LogP contribution in [0.2, 0.25) is 0 Å². The summed E-state index contributed by atoms with van der Waals surface area (Å²) in [6.07, 6.45) is -4.39. The Morgan fingerprint density at radius 3 is 2.15 bits per heavy atom. The van der Waals surface area contributed by atoms with Crippen LogP contribution in [-0.2, 0) is 6.18 Å². The molecule has 0 heterocycles. The van der Waals surface area contributed by atoms with Crippen LogP contribution in [0.1, 0.15) is 27.0 Å². The SMILES string of the molecule is Cc1cc(Br)ccc1C(=O)c1ccc(C(F)(F)F)cc1. The second kappa shape index (κ2) is 5.40. The summed E-state index contributed by atoms with van der Waals surface area (Å²) >= 11 is 3.30. The van der Waals surface area contributed by atoms with Crippen molar-refractivity contribution in [3.05, 3.63) is 69.2 Å². The third-order valence-electron chi connectivity index (χ3n) is 2.91. The Morgan fingerprint density at radius 2 is 1.65 bits per heavy atom. The Labute approximate surface area is 122 Å². The minimum Gasteiger partial charge on any atom is -0.289 e. The number of ketones is 1. The fourth-order valence-electron chi connectivity index (χ4n) is 1.85. The molecule has 2 aromatic carbocycles. The molecule has 0 fully saturated rings. The highest BCUT2D eigenvalue weighted by molar-refractivity contribution is 9.10. The second-order valence-electron chi connectivity index (χ2n) is 4.36. The smallest absolute Gasteiger partial charge is 0.289 e. The van der Waals surface area contributed by atoms with Gasteiger partial charge in [-0.3, -0.25) is 4.79 Å². The molecule has 0 atom stereocenters. The molecule has 0 radical (unpaired) electrons. The maximum absolute atomic E-state index is 12.5. The first-order valence-electron chi connectivity index (χ1n) is 5.77. The summed E-state index contributed by atoms with van der Waals surface area (Å²) in [5.74, 6) is -0.288. The Bertz CT molecular complexity index is 645. The van der Waals surface area contributed by atoms with Gasteiger partial charge in [0.25, 0.3) is 0 Å². The van der Waals surface area contributed by atoms with Crippen LogP contribution in [0.3, 0.4) is 0 Å². The number of carbonyl (C=O) groups is 1. The van der Waals surface area contributed by atoms with Crippen molar-refractivity contribution in [1.82, 2.24) is 0 Å². The predicted molar refractivity (Wildman–Crippen MR) is 73.8 cm³/mol. The maximum Gasteiger partial charge on any atom is 0.416 e. The van der Waals surface area contributed by atoms with Gasteiger partial charge in [0.1, 0.15) is 0 Å². The quantitative estimate of drug-likeness (QED) is 0.701. The van der Waals surface area contributed by atoms with Crippen LogP contribution in [0.4, 0.5) is 13.2 Å². The Hall–Kier alpha value is -1.62. The van der Waals surface area contributed by atoms with Crippen LogP contribution in [0, 0.1) is 6.92 Å². The molecule has 20 heavy (non-hydrogen) atoms. The van der Waals surface area contributed by atoms with Gasteiger partial charge in [0.05, 0.1) is 5.56 Å². The van der Waals surface area contributed by atoms with E-state index < -0.39 is 11.7 Å². The highest BCUT2D eigenvalue weighted by Crippen LogP contribution is 2.29. The zero-order valence-electron chi connectivity index (χ0n) is 10.5. The summed E-state index contributed by atoms with van der Waals surface area (Å²) in [6.45, 7) is 1.78. The molecule has 104 valence electrons. The molecule has 1 nitrogen and oxygen atoms in total. The van der Waals surface area contributed by atoms with E-state index in [-0.39, 0.29) is 11.3 Å². The van der Waals surface area contributed by atoms with Gasteiger partial charge < -0.3 is 0 Å². The standard InChI is InChI=1S/C15H10BrF3O/c1-9-8-12(16)6-7-13(9)14(20)10-2-4-11(5-3-10)15(17,18)19/h2-8H,1H3. The molecule has 0 aliphatic rings. The molecule has 5 heteroatoms. The van der Waals surface area contributed by atoms with Crippen molar-refractivity contribution in [2.75, 3.05) is 0 Å². The summed E-state index contributed by atoms with van der Waals surface area (Å²) in [4.78, 5) is 12.2. The van der Waals surface area contributed by atoms with E-state index in [2.05, 4.69) is 15.9 Å². The lowest BCUT2D eigenvalue weighted by Crippen LogP contribution is -2.07. The Balaban J connectivity index is 2.34. The third-order valence-corrected chi connectivity index (χ3v) is 3.40. The van der Waals surface area contributed by atoms with E-state index in [1.54, 1.807) is 25.1 Å². The molecule has 0 spiro atoms. The normalized spacial score (nSPS) is 11.4. The molecular formula is C15H10BrF3O. The second-order valence-corrected chi connectivity index (χ2v) is 5.28. The molecule has 2 aromatic rings. The van der Waals surface area contributed by atoms with Gasteiger partial charge >= 0.3 is 6.18 Å². The number of aryl methyl sites for hydroxylation is 1. The first kappa shape index (κ1) is 14.8. The Morgan fingerprint density at radius 1 is 1.05 bits per heavy atom. The first-order chi connectivity index (χ1) is 9.29. The number of alkyl halides is 3. The van der Waals surface area contributed by atoms with Gasteiger partial charge in [-0.25, -0.2) is 0 Å². The van der Waals surface area contributed by atoms with Crippen molar-refractivity contribution >= 4 is 21.7 Å². The van der Waals surface area contributed by atoms with E-state index in [0.29, 0.717) is 5.56 Å². The van der Waals surface area contributed by atoms with Crippen LogP contribution in [-0.4, -0.2) is 5.78 Å². The summed E-state index contributed by atoms with van der Waals surface area (Å²) in [6, 6.07) is 9.41. The van der Waals surface area contributed by atoms with Gasteiger partial charge in [-0.1, -0.05) is 28.1 Å². The van der Waals surface area contributed by atoms with Crippen LogP contribution in [0.15, 0.2) is 46.9 Å². The van der Waals surface area contributed by atoms with E-state index in [0.717, 1.165) is 22.2 Å². The molecule has 2 rings (SSSR count). The minimum absolute atomic E-state index is 0.239. The average molecular weight is 343 g/mol. The lowest BCUT2D eigenvalue weighted by molar-refractivity contribution is -0.137. The summed E-state index contributed by atoms with van der Waals surface area (Å²) in [7, 11) is 0. The molecule has 0 amide bonds. The number of hydrogen-bond donors (Lipinski definition) is 0. The Kier molecular flexibility index (Phi) is 3.99. The molecule has 0 aliphatic carbocycles. The van der Waals surface area contributed by atoms with Crippen molar-refractivity contribution in [2.45, 2.75) is 13.1 Å². The number of hydrogen-bond acceptors (Lipinski definition) is 1. The lowest BCUT2D eigenvalue weighted by Gasteiger charge is -2.08. The fourth-order valence-corrected chi connectivity index (χ4v) is 2.32. The number of carbonyl (C=O) groups excluding carboxylic acids is 1. The fraction of sp³-hybridized carbons (Fsp3) is 0.133. The molecular weight excluding hydrogens is 333 g/mol. The number of halogens is 4. The van der Waals surface area contributed by atoms with E-state index in [1.807, 2.05) is 0 Å². The minimum atomic E-state index is -4.39. The van der Waals surface area contributed by atoms with Crippen LogP contribution in [0.5, 0.6) is 0 Å². The van der Waals surface area contributed by atoms with Gasteiger partial charge in [0, 0.05) is 15.6 Å². The molecule has 0 aliphatic heterocycles. The van der Waals surface area contributed by atoms with Crippen LogP contribution >= 0.6 is 15.9 Å². The number of benzene rings is 2. The zero-order valence-corrected chi connectivity index (χ0v) is 12.0. The van der Waals surface area contributed by atoms with Gasteiger partial charge in [-0.15, -0.1) is 0 Å². The molecule has 0 aromatic heterocycles. The summed E-state index contributed by atoms with van der Waals surface area (Å²) in [5.41, 5.74) is 0.724. The van der Waals surface area contributed by atoms with Crippen molar-refractivity contribution in [3.63, 3.8) is 0 Å². The van der Waals surface area contributed by atoms with Crippen LogP contribution in [0.25, 0.3) is 0 Å². The van der Waals surface area contributed by atoms with Gasteiger partial charge in [-0.2, -0.15) is 13.2 Å². The van der Waals surface area contributed by atoms with E-state index >= 15 is 0 Å². The summed E-state index contributed by atoms with van der Waals surface area (Å²) in [5, 5.41) is 0. The van der Waals surface area contributed by atoms with E-state index in [1.165, 1.54) is 12.1 Å².